The second kappa shape index (κ2) is 6.88. The zero-order valence-corrected chi connectivity index (χ0v) is 12.9. The molecular weight excluding hydrogens is 284 g/mol. The highest BCUT2D eigenvalue weighted by atomic mass is 16.6. The van der Waals surface area contributed by atoms with Crippen molar-refractivity contribution >= 4 is 11.8 Å². The minimum atomic E-state index is -0.488. The van der Waals surface area contributed by atoms with E-state index in [-0.39, 0.29) is 0 Å². The molecule has 1 aromatic heterocycles. The van der Waals surface area contributed by atoms with Crippen LogP contribution in [0.25, 0.3) is 5.69 Å². The number of carbonyl (C=O) groups is 1. The Balaban J connectivity index is 1.78. The molecule has 0 radical (unpaired) electrons. The molecule has 2 aromatic rings. The summed E-state index contributed by atoms with van der Waals surface area (Å²) in [7, 11) is 0. The summed E-state index contributed by atoms with van der Waals surface area (Å²) >= 11 is 0. The molecule has 1 amide bonds. The number of carbonyl (C=O) groups excluding carboxylic acids is 1. The van der Waals surface area contributed by atoms with Gasteiger partial charge in [0, 0.05) is 18.8 Å². The maximum Gasteiger partial charge on any atom is 0.407 e. The first kappa shape index (κ1) is 15.7. The van der Waals surface area contributed by atoms with Crippen LogP contribution in [0.4, 0.5) is 10.5 Å². The van der Waals surface area contributed by atoms with Gasteiger partial charge in [0.2, 0.25) is 0 Å². The first-order chi connectivity index (χ1) is 10.4. The Kier molecular flexibility index (Phi) is 4.92. The topological polar surface area (TPSA) is 94.0 Å². The maximum absolute atomic E-state index is 11.5. The monoisotopic (exact) mass is 304 g/mol. The fourth-order valence-corrected chi connectivity index (χ4v) is 1.72. The SMILES string of the molecule is CC(C)(C)OC(=O)NCCNc1cccc(-n2cnnn2)c1. The number of rotatable bonds is 5. The minimum absolute atomic E-state index is 0.420. The van der Waals surface area contributed by atoms with E-state index in [2.05, 4.69) is 26.2 Å². The van der Waals surface area contributed by atoms with Gasteiger partial charge in [0.25, 0.3) is 0 Å². The van der Waals surface area contributed by atoms with Crippen molar-refractivity contribution in [2.24, 2.45) is 0 Å². The van der Waals surface area contributed by atoms with Crippen LogP contribution >= 0.6 is 0 Å². The smallest absolute Gasteiger partial charge is 0.407 e. The number of benzene rings is 1. The van der Waals surface area contributed by atoms with Crippen molar-refractivity contribution in [3.63, 3.8) is 0 Å². The molecule has 0 atom stereocenters. The number of nitrogens with one attached hydrogen (secondary N) is 2. The summed E-state index contributed by atoms with van der Waals surface area (Å²) in [5.74, 6) is 0. The molecule has 2 rings (SSSR count). The van der Waals surface area contributed by atoms with Crippen molar-refractivity contribution in [3.8, 4) is 5.69 Å². The molecular formula is C14H20N6O2. The number of alkyl carbamates (subject to hydrolysis) is 1. The van der Waals surface area contributed by atoms with E-state index in [1.807, 2.05) is 45.0 Å². The van der Waals surface area contributed by atoms with Gasteiger partial charge in [-0.05, 0) is 49.4 Å². The first-order valence-electron chi connectivity index (χ1n) is 6.98. The van der Waals surface area contributed by atoms with E-state index in [1.165, 1.54) is 6.33 Å². The normalized spacial score (nSPS) is 11.0. The summed E-state index contributed by atoms with van der Waals surface area (Å²) in [5, 5.41) is 16.9. The van der Waals surface area contributed by atoms with Crippen LogP contribution in [0.5, 0.6) is 0 Å². The van der Waals surface area contributed by atoms with Crippen LogP contribution in [0.3, 0.4) is 0 Å². The van der Waals surface area contributed by atoms with Crippen LogP contribution < -0.4 is 10.6 Å². The third-order valence-electron chi connectivity index (χ3n) is 2.58. The van der Waals surface area contributed by atoms with Gasteiger partial charge in [0.05, 0.1) is 5.69 Å². The molecule has 0 aliphatic rings. The lowest BCUT2D eigenvalue weighted by molar-refractivity contribution is 0.0530. The molecule has 1 aromatic carbocycles. The molecule has 8 nitrogen and oxygen atoms in total. The predicted molar refractivity (Wildman–Crippen MR) is 81.9 cm³/mol. The Hall–Kier alpha value is -2.64. The Bertz CT molecular complexity index is 606. The van der Waals surface area contributed by atoms with Crippen LogP contribution in [-0.4, -0.2) is 45.0 Å². The molecule has 22 heavy (non-hydrogen) atoms. The molecule has 0 unspecified atom stereocenters. The standard InChI is InChI=1S/C14H20N6O2/c1-14(2,3)22-13(21)16-8-7-15-11-5-4-6-12(9-11)20-10-17-18-19-20/h4-6,9-10,15H,7-8H2,1-3H3,(H,16,21). The number of hydrogen-bond donors (Lipinski definition) is 2. The van der Waals surface area contributed by atoms with Gasteiger partial charge in [0.15, 0.2) is 0 Å². The lowest BCUT2D eigenvalue weighted by Gasteiger charge is -2.19. The molecule has 0 fully saturated rings. The van der Waals surface area contributed by atoms with Gasteiger partial charge < -0.3 is 15.4 Å². The van der Waals surface area contributed by atoms with Crippen molar-refractivity contribution in [2.45, 2.75) is 26.4 Å². The van der Waals surface area contributed by atoms with Gasteiger partial charge in [-0.3, -0.25) is 0 Å². The fourth-order valence-electron chi connectivity index (χ4n) is 1.72. The second-order valence-corrected chi connectivity index (χ2v) is 5.66. The fraction of sp³-hybridized carbons (Fsp3) is 0.429. The summed E-state index contributed by atoms with van der Waals surface area (Å²) in [5.41, 5.74) is 1.28. The number of aromatic nitrogens is 4. The van der Waals surface area contributed by atoms with Gasteiger partial charge in [-0.25, -0.2) is 9.48 Å². The summed E-state index contributed by atoms with van der Waals surface area (Å²) in [6.45, 7) is 6.53. The highest BCUT2D eigenvalue weighted by Crippen LogP contribution is 2.12. The lowest BCUT2D eigenvalue weighted by Crippen LogP contribution is -2.34. The van der Waals surface area contributed by atoms with E-state index in [0.717, 1.165) is 11.4 Å². The molecule has 0 spiro atoms. The number of hydrogen-bond acceptors (Lipinski definition) is 6. The lowest BCUT2D eigenvalue weighted by atomic mass is 10.2. The number of tetrazole rings is 1. The third-order valence-corrected chi connectivity index (χ3v) is 2.58. The highest BCUT2D eigenvalue weighted by Gasteiger charge is 2.15. The van der Waals surface area contributed by atoms with E-state index in [9.17, 15) is 4.79 Å². The van der Waals surface area contributed by atoms with Gasteiger partial charge >= 0.3 is 6.09 Å². The largest absolute Gasteiger partial charge is 0.444 e. The van der Waals surface area contributed by atoms with Crippen LogP contribution in [0.15, 0.2) is 30.6 Å². The van der Waals surface area contributed by atoms with Gasteiger partial charge in [-0.1, -0.05) is 6.07 Å². The molecule has 0 saturated carbocycles. The predicted octanol–water partition coefficient (Wildman–Crippen LogP) is 1.60. The van der Waals surface area contributed by atoms with Crippen LogP contribution in [0, 0.1) is 0 Å². The molecule has 1 heterocycles. The number of anilines is 1. The quantitative estimate of drug-likeness (QED) is 0.815. The summed E-state index contributed by atoms with van der Waals surface area (Å²) in [6.07, 6.45) is 1.11. The zero-order valence-electron chi connectivity index (χ0n) is 12.9. The average Bonchev–Trinajstić information content (AvgIpc) is 2.96. The average molecular weight is 304 g/mol. The number of amides is 1. The Morgan fingerprint density at radius 1 is 1.32 bits per heavy atom. The van der Waals surface area contributed by atoms with E-state index < -0.39 is 11.7 Å². The van der Waals surface area contributed by atoms with Crippen molar-refractivity contribution < 1.29 is 9.53 Å². The Morgan fingerprint density at radius 2 is 2.14 bits per heavy atom. The van der Waals surface area contributed by atoms with Gasteiger partial charge in [-0.2, -0.15) is 0 Å². The molecule has 0 aliphatic carbocycles. The van der Waals surface area contributed by atoms with E-state index >= 15 is 0 Å². The molecule has 0 saturated heterocycles. The number of ether oxygens (including phenoxy) is 1. The summed E-state index contributed by atoms with van der Waals surface area (Å²) < 4.78 is 6.73. The van der Waals surface area contributed by atoms with E-state index in [0.29, 0.717) is 13.1 Å². The maximum atomic E-state index is 11.5. The van der Waals surface area contributed by atoms with Crippen molar-refractivity contribution in [3.05, 3.63) is 30.6 Å². The number of nitrogens with zero attached hydrogens (tertiary/aromatic N) is 4. The molecule has 0 aliphatic heterocycles. The molecule has 118 valence electrons. The van der Waals surface area contributed by atoms with Crippen LogP contribution in [0.1, 0.15) is 20.8 Å². The first-order valence-corrected chi connectivity index (χ1v) is 6.98. The molecule has 8 heteroatoms. The van der Waals surface area contributed by atoms with Gasteiger partial charge in [-0.15, -0.1) is 5.10 Å². The summed E-state index contributed by atoms with van der Waals surface area (Å²) in [6, 6.07) is 7.66. The van der Waals surface area contributed by atoms with Crippen molar-refractivity contribution in [2.75, 3.05) is 18.4 Å². The zero-order chi connectivity index (χ0) is 16.0. The van der Waals surface area contributed by atoms with Crippen molar-refractivity contribution in [1.82, 2.24) is 25.5 Å². The Morgan fingerprint density at radius 3 is 2.82 bits per heavy atom. The van der Waals surface area contributed by atoms with Crippen LogP contribution in [-0.2, 0) is 4.74 Å². The third kappa shape index (κ3) is 5.04. The van der Waals surface area contributed by atoms with Crippen LogP contribution in [0.2, 0.25) is 0 Å². The molecule has 0 bridgehead atoms. The second-order valence-electron chi connectivity index (χ2n) is 5.66. The minimum Gasteiger partial charge on any atom is -0.444 e. The Labute approximate surface area is 128 Å². The molecule has 2 N–H and O–H groups in total. The van der Waals surface area contributed by atoms with E-state index in [1.54, 1.807) is 4.68 Å². The highest BCUT2D eigenvalue weighted by molar-refractivity contribution is 5.67. The van der Waals surface area contributed by atoms with E-state index in [4.69, 9.17) is 4.74 Å². The van der Waals surface area contributed by atoms with Crippen molar-refractivity contribution in [1.29, 1.82) is 0 Å². The summed E-state index contributed by atoms with van der Waals surface area (Å²) in [4.78, 5) is 11.5. The van der Waals surface area contributed by atoms with Gasteiger partial charge in [0.1, 0.15) is 11.9 Å².